The second-order valence-electron chi connectivity index (χ2n) is 4.53. The summed E-state index contributed by atoms with van der Waals surface area (Å²) in [5, 5.41) is 3.06. The summed E-state index contributed by atoms with van der Waals surface area (Å²) in [6, 6.07) is 12.7. The largest absolute Gasteiger partial charge is 0.497 e. The molecule has 3 nitrogen and oxygen atoms in total. The molecule has 0 atom stereocenters. The zero-order chi connectivity index (χ0) is 14.5. The summed E-state index contributed by atoms with van der Waals surface area (Å²) in [6.07, 6.45) is 0. The van der Waals surface area contributed by atoms with Gasteiger partial charge in [-0.05, 0) is 42.9 Å². The van der Waals surface area contributed by atoms with E-state index in [1.54, 1.807) is 13.2 Å². The van der Waals surface area contributed by atoms with E-state index in [1.807, 2.05) is 49.3 Å². The van der Waals surface area contributed by atoms with Gasteiger partial charge in [0.05, 0.1) is 12.8 Å². The first-order valence-corrected chi connectivity index (χ1v) is 6.47. The Morgan fingerprint density at radius 1 is 1.15 bits per heavy atom. The minimum Gasteiger partial charge on any atom is -0.497 e. The second kappa shape index (κ2) is 6.39. The lowest BCUT2D eigenvalue weighted by atomic mass is 10.1. The van der Waals surface area contributed by atoms with Crippen molar-refractivity contribution >= 4 is 11.4 Å². The number of benzene rings is 2. The van der Waals surface area contributed by atoms with E-state index in [0.29, 0.717) is 12.2 Å². The highest BCUT2D eigenvalue weighted by atomic mass is 19.1. The monoisotopic (exact) mass is 274 g/mol. The van der Waals surface area contributed by atoms with E-state index in [4.69, 9.17) is 4.74 Å². The molecule has 4 heteroatoms. The Kier molecular flexibility index (Phi) is 4.58. The Balaban J connectivity index is 2.38. The third kappa shape index (κ3) is 2.91. The Bertz CT molecular complexity index is 569. The van der Waals surface area contributed by atoms with Crippen LogP contribution in [-0.4, -0.2) is 21.2 Å². The van der Waals surface area contributed by atoms with E-state index in [9.17, 15) is 4.39 Å². The van der Waals surface area contributed by atoms with Crippen molar-refractivity contribution in [1.82, 2.24) is 5.32 Å². The molecule has 0 aliphatic carbocycles. The number of ether oxygens (including phenoxy) is 1. The van der Waals surface area contributed by atoms with Crippen molar-refractivity contribution in [2.75, 3.05) is 26.1 Å². The van der Waals surface area contributed by atoms with Crippen molar-refractivity contribution in [2.24, 2.45) is 0 Å². The first-order valence-electron chi connectivity index (χ1n) is 6.47. The fourth-order valence-electron chi connectivity index (χ4n) is 2.20. The molecule has 0 fully saturated rings. The third-order valence-corrected chi connectivity index (χ3v) is 3.23. The van der Waals surface area contributed by atoms with Crippen LogP contribution in [-0.2, 0) is 6.54 Å². The Morgan fingerprint density at radius 3 is 2.45 bits per heavy atom. The van der Waals surface area contributed by atoms with E-state index in [1.165, 1.54) is 6.07 Å². The quantitative estimate of drug-likeness (QED) is 0.905. The van der Waals surface area contributed by atoms with Crippen molar-refractivity contribution in [3.8, 4) is 5.75 Å². The molecule has 0 unspecified atom stereocenters. The number of hydrogen-bond donors (Lipinski definition) is 1. The molecule has 0 radical (unpaired) electrons. The summed E-state index contributed by atoms with van der Waals surface area (Å²) >= 11 is 0. The van der Waals surface area contributed by atoms with Crippen LogP contribution >= 0.6 is 0 Å². The maximum absolute atomic E-state index is 14.2. The molecular formula is C16H19FN2O. The van der Waals surface area contributed by atoms with Crippen LogP contribution in [0, 0.1) is 5.82 Å². The van der Waals surface area contributed by atoms with Crippen molar-refractivity contribution < 1.29 is 9.13 Å². The average Bonchev–Trinajstić information content (AvgIpc) is 2.47. The number of para-hydroxylation sites is 1. The number of hydrogen-bond acceptors (Lipinski definition) is 3. The van der Waals surface area contributed by atoms with Crippen LogP contribution in [0.4, 0.5) is 15.8 Å². The standard InChI is InChI=1S/C16H19FN2O/c1-18-11-12-5-4-6-15(17)16(12)19(2)13-7-9-14(20-3)10-8-13/h4-10,18H,11H2,1-3H3. The summed E-state index contributed by atoms with van der Waals surface area (Å²) in [6.45, 7) is 0.619. The fourth-order valence-corrected chi connectivity index (χ4v) is 2.20. The van der Waals surface area contributed by atoms with Gasteiger partial charge >= 0.3 is 0 Å². The normalized spacial score (nSPS) is 10.4. The van der Waals surface area contributed by atoms with Gasteiger partial charge < -0.3 is 15.0 Å². The van der Waals surface area contributed by atoms with Gasteiger partial charge in [-0.2, -0.15) is 0 Å². The van der Waals surface area contributed by atoms with Gasteiger partial charge in [-0.15, -0.1) is 0 Å². The topological polar surface area (TPSA) is 24.5 Å². The number of methoxy groups -OCH3 is 1. The molecule has 0 bridgehead atoms. The second-order valence-corrected chi connectivity index (χ2v) is 4.53. The van der Waals surface area contributed by atoms with Crippen molar-refractivity contribution in [3.63, 3.8) is 0 Å². The molecular weight excluding hydrogens is 255 g/mol. The van der Waals surface area contributed by atoms with E-state index < -0.39 is 0 Å². The number of halogens is 1. The highest BCUT2D eigenvalue weighted by molar-refractivity contribution is 5.66. The molecule has 0 spiro atoms. The molecule has 20 heavy (non-hydrogen) atoms. The van der Waals surface area contributed by atoms with Gasteiger partial charge in [0.2, 0.25) is 0 Å². The van der Waals surface area contributed by atoms with Gasteiger partial charge in [-0.25, -0.2) is 4.39 Å². The minimum atomic E-state index is -0.226. The Labute approximate surface area is 119 Å². The lowest BCUT2D eigenvalue weighted by Crippen LogP contribution is -2.16. The molecule has 106 valence electrons. The van der Waals surface area contributed by atoms with Crippen molar-refractivity contribution in [2.45, 2.75) is 6.54 Å². The fraction of sp³-hybridized carbons (Fsp3) is 0.250. The molecule has 0 amide bonds. The number of nitrogens with one attached hydrogen (secondary N) is 1. The van der Waals surface area contributed by atoms with Crippen LogP contribution in [0.1, 0.15) is 5.56 Å². The van der Waals surface area contributed by atoms with Crippen molar-refractivity contribution in [1.29, 1.82) is 0 Å². The van der Waals surface area contributed by atoms with Crippen LogP contribution in [0.25, 0.3) is 0 Å². The minimum absolute atomic E-state index is 0.226. The van der Waals surface area contributed by atoms with E-state index >= 15 is 0 Å². The number of nitrogens with zero attached hydrogens (tertiary/aromatic N) is 1. The summed E-state index contributed by atoms with van der Waals surface area (Å²) in [5.74, 6) is 0.558. The van der Waals surface area contributed by atoms with Gasteiger partial charge in [-0.3, -0.25) is 0 Å². The molecule has 2 aromatic rings. The Morgan fingerprint density at radius 2 is 1.85 bits per heavy atom. The average molecular weight is 274 g/mol. The van der Waals surface area contributed by atoms with Gasteiger partial charge in [-0.1, -0.05) is 12.1 Å². The predicted octanol–water partition coefficient (Wildman–Crippen LogP) is 3.32. The van der Waals surface area contributed by atoms with Gasteiger partial charge in [0, 0.05) is 19.3 Å². The highest BCUT2D eigenvalue weighted by Crippen LogP contribution is 2.30. The molecule has 0 saturated heterocycles. The van der Waals surface area contributed by atoms with Crippen molar-refractivity contribution in [3.05, 3.63) is 53.8 Å². The zero-order valence-corrected chi connectivity index (χ0v) is 12.0. The summed E-state index contributed by atoms with van der Waals surface area (Å²) in [7, 11) is 5.34. The molecule has 2 aromatic carbocycles. The molecule has 1 N–H and O–H groups in total. The molecule has 0 saturated carbocycles. The lowest BCUT2D eigenvalue weighted by Gasteiger charge is -2.23. The molecule has 0 aliphatic heterocycles. The van der Waals surface area contributed by atoms with Gasteiger partial charge in [0.15, 0.2) is 0 Å². The van der Waals surface area contributed by atoms with Crippen LogP contribution < -0.4 is 15.0 Å². The summed E-state index contributed by atoms with van der Waals surface area (Å²) in [5.41, 5.74) is 2.42. The van der Waals surface area contributed by atoms with Gasteiger partial charge in [0.25, 0.3) is 0 Å². The first-order chi connectivity index (χ1) is 9.67. The van der Waals surface area contributed by atoms with E-state index in [2.05, 4.69) is 5.32 Å². The van der Waals surface area contributed by atoms with Crippen LogP contribution in [0.2, 0.25) is 0 Å². The summed E-state index contributed by atoms with van der Waals surface area (Å²) in [4.78, 5) is 1.85. The molecule has 0 aliphatic rings. The van der Waals surface area contributed by atoms with Crippen LogP contribution in [0.5, 0.6) is 5.75 Å². The number of anilines is 2. The van der Waals surface area contributed by atoms with Crippen LogP contribution in [0.15, 0.2) is 42.5 Å². The number of rotatable bonds is 5. The molecule has 0 aromatic heterocycles. The maximum Gasteiger partial charge on any atom is 0.147 e. The lowest BCUT2D eigenvalue weighted by molar-refractivity contribution is 0.415. The highest BCUT2D eigenvalue weighted by Gasteiger charge is 2.14. The Hall–Kier alpha value is -2.07. The predicted molar refractivity (Wildman–Crippen MR) is 80.2 cm³/mol. The first kappa shape index (κ1) is 14.3. The van der Waals surface area contributed by atoms with E-state index in [-0.39, 0.29) is 5.82 Å². The smallest absolute Gasteiger partial charge is 0.147 e. The maximum atomic E-state index is 14.2. The zero-order valence-electron chi connectivity index (χ0n) is 12.0. The SMILES string of the molecule is CNCc1cccc(F)c1N(C)c1ccc(OC)cc1. The summed E-state index contributed by atoms with van der Waals surface area (Å²) < 4.78 is 19.3. The molecule has 2 rings (SSSR count). The van der Waals surface area contributed by atoms with Crippen LogP contribution in [0.3, 0.4) is 0 Å². The third-order valence-electron chi connectivity index (χ3n) is 3.23. The van der Waals surface area contributed by atoms with E-state index in [0.717, 1.165) is 17.0 Å². The molecule has 0 heterocycles. The van der Waals surface area contributed by atoms with Gasteiger partial charge in [0.1, 0.15) is 11.6 Å².